The minimum absolute atomic E-state index is 0.0379. The average molecular weight is 473 g/mol. The van der Waals surface area contributed by atoms with E-state index in [-0.39, 0.29) is 24.6 Å². The van der Waals surface area contributed by atoms with Crippen LogP contribution in [-0.4, -0.2) is 32.5 Å². The Morgan fingerprint density at radius 3 is 2.46 bits per heavy atom. The molecule has 28 heavy (non-hydrogen) atoms. The largest absolute Gasteiger partial charge is 0.341 e. The van der Waals surface area contributed by atoms with Crippen molar-refractivity contribution in [1.29, 1.82) is 0 Å². The number of hydrogen-bond donors (Lipinski definition) is 1. The monoisotopic (exact) mass is 472 g/mol. The zero-order valence-electron chi connectivity index (χ0n) is 14.3. The summed E-state index contributed by atoms with van der Waals surface area (Å²) >= 11 is 3.34. The number of halogens is 3. The van der Waals surface area contributed by atoms with Gasteiger partial charge in [-0.25, -0.2) is 8.42 Å². The maximum atomic E-state index is 12.6. The summed E-state index contributed by atoms with van der Waals surface area (Å²) in [7, 11) is -4.69. The van der Waals surface area contributed by atoms with Gasteiger partial charge < -0.3 is 10.2 Å². The Morgan fingerprint density at radius 2 is 1.86 bits per heavy atom. The maximum absolute atomic E-state index is 12.6. The maximum Gasteiger partial charge on any atom is 0.341 e. The van der Waals surface area contributed by atoms with Crippen molar-refractivity contribution in [1.82, 2.24) is 0 Å². The van der Waals surface area contributed by atoms with Crippen LogP contribution in [0.1, 0.15) is 6.42 Å². The Morgan fingerprint density at radius 1 is 1.18 bits per heavy atom. The number of nitrogens with zero attached hydrogens (tertiary/aromatic N) is 1. The summed E-state index contributed by atoms with van der Waals surface area (Å²) in [6, 6.07) is 11.6. The predicted octanol–water partition coefficient (Wildman–Crippen LogP) is 3.44. The van der Waals surface area contributed by atoms with Crippen LogP contribution in [0.4, 0.5) is 20.2 Å². The molecule has 0 saturated carbocycles. The number of anilines is 2. The third-order valence-corrected chi connectivity index (χ3v) is 6.19. The zero-order chi connectivity index (χ0) is 20.5. The molecule has 0 radical (unpaired) electrons. The van der Waals surface area contributed by atoms with E-state index in [1.165, 1.54) is 17.0 Å². The van der Waals surface area contributed by atoms with Crippen molar-refractivity contribution in [3.8, 4) is 0 Å². The number of hydrogen-bond acceptors (Lipinski definition) is 4. The lowest BCUT2D eigenvalue weighted by atomic mass is 10.1. The van der Waals surface area contributed by atoms with Crippen LogP contribution in [-0.2, 0) is 19.4 Å². The number of rotatable bonds is 5. The van der Waals surface area contributed by atoms with Crippen LogP contribution in [0.3, 0.4) is 0 Å². The van der Waals surface area contributed by atoms with E-state index < -0.39 is 32.3 Å². The van der Waals surface area contributed by atoms with E-state index in [1.54, 1.807) is 18.2 Å². The lowest BCUT2D eigenvalue weighted by molar-refractivity contribution is -0.122. The van der Waals surface area contributed by atoms with Gasteiger partial charge in [-0.15, -0.1) is 0 Å². The Bertz CT molecular complexity index is 1010. The highest BCUT2D eigenvalue weighted by atomic mass is 79.9. The quantitative estimate of drug-likeness (QED) is 0.722. The lowest BCUT2D eigenvalue weighted by Crippen LogP contribution is -2.28. The van der Waals surface area contributed by atoms with Gasteiger partial charge in [0.15, 0.2) is 0 Å². The summed E-state index contributed by atoms with van der Waals surface area (Å²) in [6.45, 7) is 0.207. The third kappa shape index (κ3) is 4.22. The highest BCUT2D eigenvalue weighted by Crippen LogP contribution is 2.28. The zero-order valence-corrected chi connectivity index (χ0v) is 16.7. The van der Waals surface area contributed by atoms with Gasteiger partial charge in [0, 0.05) is 28.8 Å². The van der Waals surface area contributed by atoms with E-state index in [4.69, 9.17) is 0 Å². The normalized spacial score (nSPS) is 17.2. The van der Waals surface area contributed by atoms with Gasteiger partial charge in [0.05, 0.1) is 10.8 Å². The van der Waals surface area contributed by atoms with Gasteiger partial charge in [0.2, 0.25) is 21.7 Å². The van der Waals surface area contributed by atoms with Crippen LogP contribution in [0, 0.1) is 5.92 Å². The molecule has 1 aliphatic rings. The molecule has 1 aliphatic heterocycles. The first-order chi connectivity index (χ1) is 13.2. The molecule has 0 aromatic heterocycles. The van der Waals surface area contributed by atoms with Gasteiger partial charge >= 0.3 is 5.76 Å². The van der Waals surface area contributed by atoms with Gasteiger partial charge in [0.1, 0.15) is 0 Å². The highest BCUT2D eigenvalue weighted by molar-refractivity contribution is 9.10. The first-order valence-electron chi connectivity index (χ1n) is 8.17. The smallest absolute Gasteiger partial charge is 0.326 e. The summed E-state index contributed by atoms with van der Waals surface area (Å²) in [5, 5.41) is 2.59. The van der Waals surface area contributed by atoms with Crippen molar-refractivity contribution in [2.24, 2.45) is 5.92 Å². The molecule has 2 aromatic rings. The number of amides is 2. The Kier molecular flexibility index (Phi) is 5.80. The number of benzene rings is 2. The molecule has 148 valence electrons. The van der Waals surface area contributed by atoms with E-state index in [9.17, 15) is 26.8 Å². The van der Waals surface area contributed by atoms with E-state index >= 15 is 0 Å². The van der Waals surface area contributed by atoms with Gasteiger partial charge in [0.25, 0.3) is 0 Å². The second kappa shape index (κ2) is 7.96. The van der Waals surface area contributed by atoms with Gasteiger partial charge in [-0.1, -0.05) is 22.0 Å². The van der Waals surface area contributed by atoms with E-state index in [2.05, 4.69) is 21.2 Å². The third-order valence-electron chi connectivity index (χ3n) is 4.30. The van der Waals surface area contributed by atoms with Crippen LogP contribution in [0.25, 0.3) is 0 Å². The van der Waals surface area contributed by atoms with Crippen molar-refractivity contribution < 1.29 is 26.8 Å². The molecule has 1 atom stereocenters. The molecule has 1 unspecified atom stereocenters. The Balaban J connectivity index is 1.68. The molecule has 2 aromatic carbocycles. The number of nitrogens with one attached hydrogen (secondary N) is 1. The van der Waals surface area contributed by atoms with Crippen molar-refractivity contribution in [2.75, 3.05) is 16.8 Å². The molecule has 0 spiro atoms. The molecular weight excluding hydrogens is 458 g/mol. The van der Waals surface area contributed by atoms with Crippen LogP contribution in [0.5, 0.6) is 0 Å². The molecule has 1 fully saturated rings. The first-order valence-corrected chi connectivity index (χ1v) is 10.5. The van der Waals surface area contributed by atoms with Crippen LogP contribution in [0.15, 0.2) is 57.9 Å². The summed E-state index contributed by atoms with van der Waals surface area (Å²) in [6.07, 6.45) is 0.0379. The second-order valence-electron chi connectivity index (χ2n) is 6.20. The van der Waals surface area contributed by atoms with Crippen molar-refractivity contribution >= 4 is 49.0 Å². The fraction of sp³-hybridized carbons (Fsp3) is 0.222. The van der Waals surface area contributed by atoms with Crippen molar-refractivity contribution in [2.45, 2.75) is 17.1 Å². The van der Waals surface area contributed by atoms with Crippen LogP contribution >= 0.6 is 15.9 Å². The molecular formula is C18H15BrF2N2O4S. The number of sulfone groups is 1. The molecule has 2 amide bonds. The predicted molar refractivity (Wildman–Crippen MR) is 103 cm³/mol. The molecule has 1 heterocycles. The molecule has 10 heteroatoms. The Labute approximate surface area is 168 Å². The second-order valence-corrected chi connectivity index (χ2v) is 9.04. The SMILES string of the molecule is O=C(Nc1ccc(S(=O)(=O)C(F)F)cc1)C1CC(=O)N(c2cccc(Br)c2)C1. The lowest BCUT2D eigenvalue weighted by Gasteiger charge is -2.17. The van der Waals surface area contributed by atoms with E-state index in [0.717, 1.165) is 16.6 Å². The van der Waals surface area contributed by atoms with Crippen molar-refractivity contribution in [3.05, 3.63) is 53.0 Å². The minimum atomic E-state index is -4.69. The molecule has 6 nitrogen and oxygen atoms in total. The number of carbonyl (C=O) groups excluding carboxylic acids is 2. The average Bonchev–Trinajstić information content (AvgIpc) is 3.04. The van der Waals surface area contributed by atoms with Crippen molar-refractivity contribution in [3.63, 3.8) is 0 Å². The molecule has 1 saturated heterocycles. The van der Waals surface area contributed by atoms with E-state index in [0.29, 0.717) is 5.69 Å². The molecule has 3 rings (SSSR count). The molecule has 0 bridgehead atoms. The van der Waals surface area contributed by atoms with Gasteiger partial charge in [-0.3, -0.25) is 9.59 Å². The summed E-state index contributed by atoms with van der Waals surface area (Å²) in [5.41, 5.74) is 0.933. The van der Waals surface area contributed by atoms with Crippen LogP contribution < -0.4 is 10.2 Å². The summed E-state index contributed by atoms with van der Waals surface area (Å²) < 4.78 is 48.8. The summed E-state index contributed by atoms with van der Waals surface area (Å²) in [5.74, 6) is -4.69. The van der Waals surface area contributed by atoms with Gasteiger partial charge in [-0.05, 0) is 42.5 Å². The fourth-order valence-electron chi connectivity index (χ4n) is 2.85. The van der Waals surface area contributed by atoms with Crippen LogP contribution in [0.2, 0.25) is 0 Å². The summed E-state index contributed by atoms with van der Waals surface area (Å²) in [4.78, 5) is 25.7. The fourth-order valence-corrected chi connectivity index (χ4v) is 3.96. The standard InChI is InChI=1S/C18H15BrF2N2O4S/c19-12-2-1-3-14(9-12)23-10-11(8-16(23)24)17(25)22-13-4-6-15(7-5-13)28(26,27)18(20)21/h1-7,9,11,18H,8,10H2,(H,22,25). The highest BCUT2D eigenvalue weighted by Gasteiger charge is 2.35. The Hall–Kier alpha value is -2.33. The van der Waals surface area contributed by atoms with E-state index in [1.807, 2.05) is 6.07 Å². The topological polar surface area (TPSA) is 83.5 Å². The minimum Gasteiger partial charge on any atom is -0.326 e. The molecule has 0 aliphatic carbocycles. The first kappa shape index (κ1) is 20.4. The number of alkyl halides is 2. The number of carbonyl (C=O) groups is 2. The molecule has 1 N–H and O–H groups in total. The van der Waals surface area contributed by atoms with Gasteiger partial charge in [-0.2, -0.15) is 8.78 Å².